The van der Waals surface area contributed by atoms with Gasteiger partial charge in [-0.15, -0.1) is 0 Å². The molecule has 1 fully saturated rings. The molecular formula is C16H29N3. The summed E-state index contributed by atoms with van der Waals surface area (Å²) in [6, 6.07) is 0. The highest BCUT2D eigenvalue weighted by atomic mass is 15.2. The van der Waals surface area contributed by atoms with Gasteiger partial charge in [-0.05, 0) is 55.2 Å². The molecule has 3 unspecified atom stereocenters. The first-order valence-corrected chi connectivity index (χ1v) is 7.75. The molecule has 0 aromatic carbocycles. The van der Waals surface area contributed by atoms with Crippen LogP contribution in [0.5, 0.6) is 0 Å². The molecule has 0 amide bonds. The Morgan fingerprint density at radius 1 is 1.42 bits per heavy atom. The molecule has 3 atom stereocenters. The van der Waals surface area contributed by atoms with Gasteiger partial charge in [0.15, 0.2) is 0 Å². The average molecular weight is 263 g/mol. The summed E-state index contributed by atoms with van der Waals surface area (Å²) in [5.41, 5.74) is 1.44. The van der Waals surface area contributed by atoms with Gasteiger partial charge in [-0.2, -0.15) is 5.10 Å². The zero-order chi connectivity index (χ0) is 13.8. The average Bonchev–Trinajstić information content (AvgIpc) is 2.77. The van der Waals surface area contributed by atoms with Gasteiger partial charge >= 0.3 is 0 Å². The maximum atomic E-state index is 4.36. The fourth-order valence-electron chi connectivity index (χ4n) is 3.29. The van der Waals surface area contributed by atoms with Crippen molar-refractivity contribution in [3.05, 3.63) is 18.0 Å². The predicted molar refractivity (Wildman–Crippen MR) is 80.2 cm³/mol. The number of aryl methyl sites for hydroxylation is 1. The number of rotatable bonds is 5. The highest BCUT2D eigenvalue weighted by molar-refractivity contribution is 5.14. The van der Waals surface area contributed by atoms with E-state index in [0.29, 0.717) is 5.92 Å². The fourth-order valence-corrected chi connectivity index (χ4v) is 3.29. The first-order chi connectivity index (χ1) is 9.06. The Morgan fingerprint density at radius 2 is 2.21 bits per heavy atom. The van der Waals surface area contributed by atoms with Crippen molar-refractivity contribution in [2.24, 2.45) is 24.8 Å². The number of hydrogen-bond donors (Lipinski definition) is 1. The SMILES string of the molecule is CC(C)CNCC1CCC(C)CC1c1cnn(C)c1. The molecule has 1 saturated carbocycles. The molecule has 1 aliphatic rings. The van der Waals surface area contributed by atoms with Gasteiger partial charge < -0.3 is 5.32 Å². The lowest BCUT2D eigenvalue weighted by molar-refractivity contribution is 0.240. The van der Waals surface area contributed by atoms with Gasteiger partial charge in [0.05, 0.1) is 6.20 Å². The lowest BCUT2D eigenvalue weighted by atomic mass is 9.72. The molecule has 0 saturated heterocycles. The lowest BCUT2D eigenvalue weighted by Gasteiger charge is -2.35. The second-order valence-corrected chi connectivity index (χ2v) is 6.78. The van der Waals surface area contributed by atoms with E-state index >= 15 is 0 Å². The molecule has 2 rings (SSSR count). The first kappa shape index (κ1) is 14.6. The third-order valence-corrected chi connectivity index (χ3v) is 4.37. The minimum absolute atomic E-state index is 0.692. The van der Waals surface area contributed by atoms with Crippen molar-refractivity contribution in [1.82, 2.24) is 15.1 Å². The predicted octanol–water partition coefficient (Wildman–Crippen LogP) is 3.19. The summed E-state index contributed by atoms with van der Waals surface area (Å²) in [7, 11) is 2.02. The van der Waals surface area contributed by atoms with Crippen molar-refractivity contribution >= 4 is 0 Å². The summed E-state index contributed by atoms with van der Waals surface area (Å²) in [6.45, 7) is 9.22. The van der Waals surface area contributed by atoms with Crippen molar-refractivity contribution in [1.29, 1.82) is 0 Å². The Hall–Kier alpha value is -0.830. The summed E-state index contributed by atoms with van der Waals surface area (Å²) in [6.07, 6.45) is 8.33. The van der Waals surface area contributed by atoms with Crippen molar-refractivity contribution in [2.45, 2.75) is 46.0 Å². The molecule has 1 aliphatic carbocycles. The highest BCUT2D eigenvalue weighted by Gasteiger charge is 2.30. The number of nitrogens with one attached hydrogen (secondary N) is 1. The van der Waals surface area contributed by atoms with Crippen LogP contribution in [0.1, 0.15) is 51.5 Å². The highest BCUT2D eigenvalue weighted by Crippen LogP contribution is 2.40. The van der Waals surface area contributed by atoms with Gasteiger partial charge in [-0.25, -0.2) is 0 Å². The summed E-state index contributed by atoms with van der Waals surface area (Å²) in [5, 5.41) is 8.00. The van der Waals surface area contributed by atoms with Gasteiger partial charge in [0.2, 0.25) is 0 Å². The van der Waals surface area contributed by atoms with Crippen LogP contribution >= 0.6 is 0 Å². The zero-order valence-corrected chi connectivity index (χ0v) is 12.9. The van der Waals surface area contributed by atoms with E-state index in [4.69, 9.17) is 0 Å². The van der Waals surface area contributed by atoms with E-state index in [1.54, 1.807) is 0 Å². The van der Waals surface area contributed by atoms with Crippen LogP contribution in [0.2, 0.25) is 0 Å². The Morgan fingerprint density at radius 3 is 2.84 bits per heavy atom. The van der Waals surface area contributed by atoms with Crippen LogP contribution in [-0.2, 0) is 7.05 Å². The molecule has 3 heteroatoms. The second kappa shape index (κ2) is 6.56. The molecular weight excluding hydrogens is 234 g/mol. The smallest absolute Gasteiger partial charge is 0.0524 e. The third kappa shape index (κ3) is 4.07. The zero-order valence-electron chi connectivity index (χ0n) is 12.9. The van der Waals surface area contributed by atoms with E-state index in [9.17, 15) is 0 Å². The van der Waals surface area contributed by atoms with Crippen molar-refractivity contribution < 1.29 is 0 Å². The Kier molecular flexibility index (Phi) is 5.03. The van der Waals surface area contributed by atoms with E-state index in [0.717, 1.165) is 30.8 Å². The molecule has 0 aliphatic heterocycles. The standard InChI is InChI=1S/C16H29N3/c1-12(2)8-17-9-14-6-5-13(3)7-16(14)15-10-18-19(4)11-15/h10-14,16-17H,5-9H2,1-4H3. The quantitative estimate of drug-likeness (QED) is 0.884. The maximum Gasteiger partial charge on any atom is 0.0524 e. The van der Waals surface area contributed by atoms with E-state index in [1.165, 1.54) is 24.8 Å². The largest absolute Gasteiger partial charge is 0.316 e. The van der Waals surface area contributed by atoms with E-state index in [-0.39, 0.29) is 0 Å². The minimum atomic E-state index is 0.692. The molecule has 1 aromatic rings. The number of nitrogens with zero attached hydrogens (tertiary/aromatic N) is 2. The molecule has 1 N–H and O–H groups in total. The summed E-state index contributed by atoms with van der Waals surface area (Å²) >= 11 is 0. The topological polar surface area (TPSA) is 29.9 Å². The van der Waals surface area contributed by atoms with Crippen molar-refractivity contribution in [2.75, 3.05) is 13.1 Å². The van der Waals surface area contributed by atoms with Crippen LogP contribution in [0.25, 0.3) is 0 Å². The molecule has 3 nitrogen and oxygen atoms in total. The van der Waals surface area contributed by atoms with Crippen LogP contribution in [0.15, 0.2) is 12.4 Å². The summed E-state index contributed by atoms with van der Waals surface area (Å²) in [5.74, 6) is 3.06. The molecule has 0 bridgehead atoms. The maximum absolute atomic E-state index is 4.36. The Bertz CT molecular complexity index is 383. The van der Waals surface area contributed by atoms with Crippen LogP contribution in [0, 0.1) is 17.8 Å². The van der Waals surface area contributed by atoms with Gasteiger partial charge in [-0.3, -0.25) is 4.68 Å². The van der Waals surface area contributed by atoms with E-state index in [1.807, 2.05) is 11.7 Å². The Balaban J connectivity index is 1.98. The van der Waals surface area contributed by atoms with Crippen LogP contribution in [0.4, 0.5) is 0 Å². The van der Waals surface area contributed by atoms with Crippen LogP contribution in [0.3, 0.4) is 0 Å². The molecule has 0 spiro atoms. The molecule has 0 radical (unpaired) electrons. The van der Waals surface area contributed by atoms with Crippen molar-refractivity contribution in [3.8, 4) is 0 Å². The lowest BCUT2D eigenvalue weighted by Crippen LogP contribution is -2.33. The normalized spacial score (nSPS) is 27.9. The molecule has 1 heterocycles. The van der Waals surface area contributed by atoms with Gasteiger partial charge in [0, 0.05) is 13.2 Å². The molecule has 1 aromatic heterocycles. The van der Waals surface area contributed by atoms with Gasteiger partial charge in [-0.1, -0.05) is 27.2 Å². The van der Waals surface area contributed by atoms with Crippen molar-refractivity contribution in [3.63, 3.8) is 0 Å². The fraction of sp³-hybridized carbons (Fsp3) is 0.812. The van der Waals surface area contributed by atoms with Crippen LogP contribution < -0.4 is 5.32 Å². The van der Waals surface area contributed by atoms with Crippen LogP contribution in [-0.4, -0.2) is 22.9 Å². The van der Waals surface area contributed by atoms with E-state index < -0.39 is 0 Å². The Labute approximate surface area is 117 Å². The monoisotopic (exact) mass is 263 g/mol. The van der Waals surface area contributed by atoms with Gasteiger partial charge in [0.25, 0.3) is 0 Å². The van der Waals surface area contributed by atoms with E-state index in [2.05, 4.69) is 43.6 Å². The summed E-state index contributed by atoms with van der Waals surface area (Å²) in [4.78, 5) is 0. The van der Waals surface area contributed by atoms with Gasteiger partial charge in [0.1, 0.15) is 0 Å². The molecule has 108 valence electrons. The summed E-state index contributed by atoms with van der Waals surface area (Å²) < 4.78 is 1.94. The molecule has 19 heavy (non-hydrogen) atoms. The number of aromatic nitrogens is 2. The number of hydrogen-bond acceptors (Lipinski definition) is 2. The first-order valence-electron chi connectivity index (χ1n) is 7.75. The minimum Gasteiger partial charge on any atom is -0.316 e. The third-order valence-electron chi connectivity index (χ3n) is 4.37. The second-order valence-electron chi connectivity index (χ2n) is 6.78.